The third-order valence-corrected chi connectivity index (χ3v) is 6.56. The Morgan fingerprint density at radius 2 is 1.83 bits per heavy atom. The van der Waals surface area contributed by atoms with Crippen LogP contribution in [0.25, 0.3) is 11.0 Å². The van der Waals surface area contributed by atoms with Crippen molar-refractivity contribution in [1.29, 1.82) is 0 Å². The summed E-state index contributed by atoms with van der Waals surface area (Å²) < 4.78 is 28.3. The molecule has 1 aliphatic rings. The molecule has 0 radical (unpaired) electrons. The van der Waals surface area contributed by atoms with Crippen LogP contribution in [-0.2, 0) is 13.1 Å². The van der Waals surface area contributed by atoms with Crippen LogP contribution in [0.15, 0.2) is 47.4 Å². The number of hydrogen-bond acceptors (Lipinski definition) is 6. The molecule has 1 saturated heterocycles. The predicted molar refractivity (Wildman–Crippen MR) is 133 cm³/mol. The second kappa shape index (κ2) is 9.99. The number of pyridine rings is 1. The molecular weight excluding hydrogens is 452 g/mol. The van der Waals surface area contributed by atoms with Gasteiger partial charge in [-0.15, -0.1) is 0 Å². The molecule has 188 valence electrons. The van der Waals surface area contributed by atoms with Crippen molar-refractivity contribution in [3.05, 3.63) is 64.1 Å². The summed E-state index contributed by atoms with van der Waals surface area (Å²) in [5.41, 5.74) is 2.00. The van der Waals surface area contributed by atoms with Gasteiger partial charge in [0.05, 0.1) is 6.04 Å². The predicted octanol–water partition coefficient (Wildman–Crippen LogP) is 4.21. The summed E-state index contributed by atoms with van der Waals surface area (Å²) in [6.07, 6.45) is 1.52. The first kappa shape index (κ1) is 25.2. The van der Waals surface area contributed by atoms with E-state index in [9.17, 15) is 18.7 Å². The van der Waals surface area contributed by atoms with Crippen LogP contribution in [0.2, 0.25) is 0 Å². The van der Waals surface area contributed by atoms with Crippen LogP contribution in [-0.4, -0.2) is 50.2 Å². The Labute approximate surface area is 203 Å². The number of fused-ring (bicyclic) bond motifs is 1. The molecule has 0 spiro atoms. The number of anilines is 1. The lowest BCUT2D eigenvalue weighted by Gasteiger charge is -2.31. The van der Waals surface area contributed by atoms with Crippen molar-refractivity contribution in [2.45, 2.75) is 58.7 Å². The second-order valence-electron chi connectivity index (χ2n) is 10.3. The zero-order chi connectivity index (χ0) is 25.2. The van der Waals surface area contributed by atoms with Crippen LogP contribution in [0.3, 0.4) is 0 Å². The number of aliphatic hydroxyl groups is 1. The number of aliphatic hydroxyl groups excluding tert-OH is 1. The van der Waals surface area contributed by atoms with E-state index in [1.54, 1.807) is 16.8 Å². The average molecular weight is 486 g/mol. The molecular formula is C26H33F2N5O2. The Morgan fingerprint density at radius 3 is 2.49 bits per heavy atom. The van der Waals surface area contributed by atoms with Gasteiger partial charge < -0.3 is 10.4 Å². The van der Waals surface area contributed by atoms with Crippen LogP contribution < -0.4 is 10.9 Å². The third-order valence-electron chi connectivity index (χ3n) is 6.56. The summed E-state index contributed by atoms with van der Waals surface area (Å²) in [5, 5.41) is 13.7. The maximum Gasteiger partial charge on any atom is 0.252 e. The lowest BCUT2D eigenvalue weighted by Crippen LogP contribution is -2.38. The largest absolute Gasteiger partial charge is 0.396 e. The fourth-order valence-electron chi connectivity index (χ4n) is 4.26. The zero-order valence-electron chi connectivity index (χ0n) is 20.5. The second-order valence-corrected chi connectivity index (χ2v) is 10.3. The smallest absolute Gasteiger partial charge is 0.252 e. The fourth-order valence-corrected chi connectivity index (χ4v) is 4.26. The van der Waals surface area contributed by atoms with Crippen molar-refractivity contribution >= 4 is 17.0 Å². The van der Waals surface area contributed by atoms with Gasteiger partial charge in [0.15, 0.2) is 0 Å². The van der Waals surface area contributed by atoms with Gasteiger partial charge in [0, 0.05) is 68.7 Å². The van der Waals surface area contributed by atoms with Gasteiger partial charge >= 0.3 is 0 Å². The number of halogens is 2. The van der Waals surface area contributed by atoms with Crippen molar-refractivity contribution in [3.8, 4) is 0 Å². The molecule has 2 aromatic heterocycles. The molecule has 1 atom stereocenters. The molecule has 35 heavy (non-hydrogen) atoms. The van der Waals surface area contributed by atoms with E-state index >= 15 is 0 Å². The van der Waals surface area contributed by atoms with Gasteiger partial charge in [-0.3, -0.25) is 14.3 Å². The number of aromatic nitrogens is 3. The average Bonchev–Trinajstić information content (AvgIpc) is 2.83. The van der Waals surface area contributed by atoms with E-state index in [1.807, 2.05) is 45.0 Å². The van der Waals surface area contributed by atoms with Crippen molar-refractivity contribution in [2.24, 2.45) is 5.41 Å². The number of alkyl halides is 2. The van der Waals surface area contributed by atoms with Crippen LogP contribution in [0.5, 0.6) is 0 Å². The Kier molecular flexibility index (Phi) is 7.19. The van der Waals surface area contributed by atoms with Gasteiger partial charge in [-0.2, -0.15) is 4.98 Å². The first-order chi connectivity index (χ1) is 16.5. The number of benzene rings is 1. The highest BCUT2D eigenvalue weighted by Gasteiger charge is 2.33. The van der Waals surface area contributed by atoms with Gasteiger partial charge in [-0.1, -0.05) is 38.1 Å². The number of nitrogens with zero attached hydrogens (tertiary/aromatic N) is 4. The minimum absolute atomic E-state index is 0.0523. The molecule has 0 saturated carbocycles. The van der Waals surface area contributed by atoms with Crippen molar-refractivity contribution in [3.63, 3.8) is 0 Å². The van der Waals surface area contributed by atoms with E-state index < -0.39 is 11.3 Å². The minimum Gasteiger partial charge on any atom is -0.396 e. The number of rotatable bonds is 8. The molecule has 1 aromatic carbocycles. The summed E-state index contributed by atoms with van der Waals surface area (Å²) in [6, 6.07) is 11.2. The standard InChI is InChI=1S/C26H33F2N5O2/c1-18(20-6-4-19(5-7-20)15-32-12-10-26(27,28)11-13-32)30-24-29-14-21-8-9-22(35)33(23(21)31-24)16-25(2,3)17-34/h4-9,14,18,34H,10-13,15-17H2,1-3H3,(H,29,30,31)/t18-/m0/s1. The van der Waals surface area contributed by atoms with E-state index in [4.69, 9.17) is 0 Å². The molecule has 0 bridgehead atoms. The van der Waals surface area contributed by atoms with Crippen LogP contribution in [0.4, 0.5) is 14.7 Å². The molecule has 0 aliphatic carbocycles. The molecule has 1 fully saturated rings. The normalized spacial score (nSPS) is 17.4. The monoisotopic (exact) mass is 485 g/mol. The van der Waals surface area contributed by atoms with Gasteiger partial charge in [0.1, 0.15) is 5.65 Å². The number of hydrogen-bond donors (Lipinski definition) is 2. The van der Waals surface area contributed by atoms with Crippen LogP contribution in [0, 0.1) is 5.41 Å². The van der Waals surface area contributed by atoms with Gasteiger partial charge in [0.25, 0.3) is 11.5 Å². The Hall–Kier alpha value is -2.91. The molecule has 3 heterocycles. The maximum atomic E-state index is 13.4. The lowest BCUT2D eigenvalue weighted by molar-refractivity contribution is -0.0566. The molecule has 3 aromatic rings. The van der Waals surface area contributed by atoms with E-state index in [-0.39, 0.29) is 31.0 Å². The SMILES string of the molecule is C[C@H](Nc1ncc2ccc(=O)n(CC(C)(C)CO)c2n1)c1ccc(CN2CCC(F)(F)CC2)cc1. The van der Waals surface area contributed by atoms with E-state index in [0.717, 1.165) is 16.5 Å². The van der Waals surface area contributed by atoms with E-state index in [2.05, 4.69) is 20.2 Å². The lowest BCUT2D eigenvalue weighted by atomic mass is 9.95. The summed E-state index contributed by atoms with van der Waals surface area (Å²) in [6.45, 7) is 7.55. The van der Waals surface area contributed by atoms with Gasteiger partial charge in [-0.05, 0) is 24.1 Å². The Bertz CT molecular complexity index is 1220. The van der Waals surface area contributed by atoms with Crippen molar-refractivity contribution < 1.29 is 13.9 Å². The summed E-state index contributed by atoms with van der Waals surface area (Å²) >= 11 is 0. The highest BCUT2D eigenvalue weighted by atomic mass is 19.3. The zero-order valence-corrected chi connectivity index (χ0v) is 20.5. The van der Waals surface area contributed by atoms with Crippen LogP contribution in [0.1, 0.15) is 50.8 Å². The molecule has 0 amide bonds. The maximum absolute atomic E-state index is 13.4. The Balaban J connectivity index is 1.46. The Morgan fingerprint density at radius 1 is 1.14 bits per heavy atom. The number of nitrogens with one attached hydrogen (secondary N) is 1. The summed E-state index contributed by atoms with van der Waals surface area (Å²) in [5.74, 6) is -2.12. The van der Waals surface area contributed by atoms with Gasteiger partial charge in [-0.25, -0.2) is 13.8 Å². The molecule has 7 nitrogen and oxygen atoms in total. The van der Waals surface area contributed by atoms with Crippen LogP contribution >= 0.6 is 0 Å². The summed E-state index contributed by atoms with van der Waals surface area (Å²) in [4.78, 5) is 23.6. The van der Waals surface area contributed by atoms with E-state index in [0.29, 0.717) is 37.8 Å². The van der Waals surface area contributed by atoms with Gasteiger partial charge in [0.2, 0.25) is 5.95 Å². The molecule has 4 rings (SSSR count). The highest BCUT2D eigenvalue weighted by Crippen LogP contribution is 2.28. The van der Waals surface area contributed by atoms with Crippen molar-refractivity contribution in [1.82, 2.24) is 19.4 Å². The first-order valence-electron chi connectivity index (χ1n) is 12.0. The fraction of sp³-hybridized carbons (Fsp3) is 0.500. The highest BCUT2D eigenvalue weighted by molar-refractivity contribution is 5.75. The summed E-state index contributed by atoms with van der Waals surface area (Å²) in [7, 11) is 0. The van der Waals surface area contributed by atoms with Crippen molar-refractivity contribution in [2.75, 3.05) is 25.0 Å². The molecule has 1 aliphatic heterocycles. The molecule has 0 unspecified atom stereocenters. The first-order valence-corrected chi connectivity index (χ1v) is 12.0. The third kappa shape index (κ3) is 6.21. The topological polar surface area (TPSA) is 83.3 Å². The number of likely N-dealkylation sites (tertiary alicyclic amines) is 1. The quantitative estimate of drug-likeness (QED) is 0.497. The number of piperidine rings is 1. The minimum atomic E-state index is -2.53. The molecule has 9 heteroatoms. The molecule has 2 N–H and O–H groups in total. The van der Waals surface area contributed by atoms with E-state index in [1.165, 1.54) is 6.07 Å².